The van der Waals surface area contributed by atoms with Gasteiger partial charge in [-0.2, -0.15) is 0 Å². The van der Waals surface area contributed by atoms with Gasteiger partial charge in [0, 0.05) is 18.8 Å². The summed E-state index contributed by atoms with van der Waals surface area (Å²) < 4.78 is 0. The highest BCUT2D eigenvalue weighted by Gasteiger charge is 2.22. The van der Waals surface area contributed by atoms with Crippen LogP contribution in [0.2, 0.25) is 0 Å². The van der Waals surface area contributed by atoms with E-state index < -0.39 is 0 Å². The lowest BCUT2D eigenvalue weighted by atomic mass is 9.96. The second kappa shape index (κ2) is 5.04. The number of carbonyl (C=O) groups excluding carboxylic acids is 1. The highest BCUT2D eigenvalue weighted by molar-refractivity contribution is 5.99. The number of anilines is 1. The van der Waals surface area contributed by atoms with E-state index in [9.17, 15) is 4.79 Å². The minimum atomic E-state index is 0.0469. The molecule has 0 saturated carbocycles. The molecule has 1 aromatic rings. The van der Waals surface area contributed by atoms with Crippen LogP contribution in [0.1, 0.15) is 23.2 Å². The highest BCUT2D eigenvalue weighted by Crippen LogP contribution is 2.21. The number of benzene rings is 1. The second-order valence-corrected chi connectivity index (χ2v) is 4.45. The van der Waals surface area contributed by atoms with Crippen molar-refractivity contribution in [1.29, 1.82) is 0 Å². The normalized spacial score (nSPS) is 16.8. The molecule has 0 spiro atoms. The lowest BCUT2D eigenvalue weighted by Gasteiger charge is -2.30. The van der Waals surface area contributed by atoms with Gasteiger partial charge in [-0.1, -0.05) is 18.2 Å². The van der Waals surface area contributed by atoms with Gasteiger partial charge in [-0.05, 0) is 30.9 Å². The van der Waals surface area contributed by atoms with Crippen LogP contribution < -0.4 is 5.73 Å². The number of nitrogens with zero attached hydrogens (tertiary/aromatic N) is 1. The van der Waals surface area contributed by atoms with Crippen LogP contribution in [-0.4, -0.2) is 23.9 Å². The molecule has 0 atom stereocenters. The number of rotatable bonds is 2. The first kappa shape index (κ1) is 11.7. The summed E-state index contributed by atoms with van der Waals surface area (Å²) in [6.07, 6.45) is 3.99. The van der Waals surface area contributed by atoms with Crippen LogP contribution >= 0.6 is 0 Å². The smallest absolute Gasteiger partial charge is 0.255 e. The molecule has 1 fully saturated rings. The van der Waals surface area contributed by atoms with Crippen molar-refractivity contribution in [1.82, 2.24) is 4.90 Å². The van der Waals surface area contributed by atoms with Crippen molar-refractivity contribution in [3.05, 3.63) is 42.5 Å². The first-order valence-electron chi connectivity index (χ1n) is 5.98. The van der Waals surface area contributed by atoms with Crippen LogP contribution in [0, 0.1) is 5.92 Å². The Labute approximate surface area is 102 Å². The largest absolute Gasteiger partial charge is 0.398 e. The van der Waals surface area contributed by atoms with E-state index in [1.165, 1.54) is 0 Å². The molecule has 90 valence electrons. The summed E-state index contributed by atoms with van der Waals surface area (Å²) in [6, 6.07) is 7.25. The maximum Gasteiger partial charge on any atom is 0.255 e. The maximum absolute atomic E-state index is 12.2. The number of carbonyl (C=O) groups is 1. The minimum absolute atomic E-state index is 0.0469. The third-order valence-corrected chi connectivity index (χ3v) is 3.35. The van der Waals surface area contributed by atoms with E-state index in [-0.39, 0.29) is 5.91 Å². The van der Waals surface area contributed by atoms with Crippen LogP contribution in [-0.2, 0) is 0 Å². The van der Waals surface area contributed by atoms with Crippen molar-refractivity contribution in [3.63, 3.8) is 0 Å². The number of nitrogens with two attached hydrogens (primary N) is 1. The summed E-state index contributed by atoms with van der Waals surface area (Å²) in [4.78, 5) is 14.1. The molecule has 17 heavy (non-hydrogen) atoms. The Bertz CT molecular complexity index is 420. The van der Waals surface area contributed by atoms with Gasteiger partial charge in [0.25, 0.3) is 5.91 Å². The molecular formula is C14H18N2O. The summed E-state index contributed by atoms with van der Waals surface area (Å²) in [6.45, 7) is 5.39. The van der Waals surface area contributed by atoms with Gasteiger partial charge < -0.3 is 10.6 Å². The number of nitrogen functional groups attached to an aromatic ring is 1. The van der Waals surface area contributed by atoms with Crippen LogP contribution in [0.15, 0.2) is 36.9 Å². The van der Waals surface area contributed by atoms with E-state index in [0.717, 1.165) is 25.9 Å². The molecule has 1 aliphatic heterocycles. The van der Waals surface area contributed by atoms with Crippen molar-refractivity contribution in [2.75, 3.05) is 18.8 Å². The topological polar surface area (TPSA) is 46.3 Å². The molecule has 2 N–H and O–H groups in total. The zero-order chi connectivity index (χ0) is 12.3. The summed E-state index contributed by atoms with van der Waals surface area (Å²) in [5.41, 5.74) is 6.99. The summed E-state index contributed by atoms with van der Waals surface area (Å²) >= 11 is 0. The van der Waals surface area contributed by atoms with Crippen molar-refractivity contribution >= 4 is 11.6 Å². The minimum Gasteiger partial charge on any atom is -0.398 e. The van der Waals surface area contributed by atoms with E-state index >= 15 is 0 Å². The molecular weight excluding hydrogens is 212 g/mol. The van der Waals surface area contributed by atoms with E-state index in [2.05, 4.69) is 6.58 Å². The summed E-state index contributed by atoms with van der Waals surface area (Å²) in [7, 11) is 0. The molecule has 0 radical (unpaired) electrons. The quantitative estimate of drug-likeness (QED) is 0.626. The van der Waals surface area contributed by atoms with Gasteiger partial charge in [0.2, 0.25) is 0 Å². The molecule has 0 aliphatic carbocycles. The van der Waals surface area contributed by atoms with Gasteiger partial charge in [0.1, 0.15) is 0 Å². The zero-order valence-electron chi connectivity index (χ0n) is 9.93. The highest BCUT2D eigenvalue weighted by atomic mass is 16.2. The monoisotopic (exact) mass is 230 g/mol. The standard InChI is InChI=1S/C14H18N2O/c1-2-11-7-9-16(10-8-11)14(17)12-5-3-4-6-13(12)15/h2-6,11H,1,7-10,15H2. The first-order chi connectivity index (χ1) is 8.22. The molecule has 1 heterocycles. The predicted octanol–water partition coefficient (Wildman–Crippen LogP) is 2.31. The Morgan fingerprint density at radius 2 is 2.00 bits per heavy atom. The Hall–Kier alpha value is -1.77. The van der Waals surface area contributed by atoms with Gasteiger partial charge >= 0.3 is 0 Å². The number of para-hydroxylation sites is 1. The third-order valence-electron chi connectivity index (χ3n) is 3.35. The van der Waals surface area contributed by atoms with Gasteiger partial charge in [0.05, 0.1) is 5.56 Å². The Balaban J connectivity index is 2.07. The molecule has 1 aliphatic rings. The SMILES string of the molecule is C=CC1CCN(C(=O)c2ccccc2N)CC1. The first-order valence-corrected chi connectivity index (χ1v) is 5.98. The third kappa shape index (κ3) is 2.49. The maximum atomic E-state index is 12.2. The Morgan fingerprint density at radius 1 is 1.35 bits per heavy atom. The second-order valence-electron chi connectivity index (χ2n) is 4.45. The average Bonchev–Trinajstić information content (AvgIpc) is 2.39. The van der Waals surface area contributed by atoms with Crippen molar-refractivity contribution < 1.29 is 4.79 Å². The van der Waals surface area contributed by atoms with Gasteiger partial charge in [-0.3, -0.25) is 4.79 Å². The molecule has 3 heteroatoms. The number of amides is 1. The number of hydrogen-bond donors (Lipinski definition) is 1. The van der Waals surface area contributed by atoms with Crippen LogP contribution in [0.4, 0.5) is 5.69 Å². The van der Waals surface area contributed by atoms with Crippen molar-refractivity contribution in [2.24, 2.45) is 5.92 Å². The van der Waals surface area contributed by atoms with Crippen LogP contribution in [0.3, 0.4) is 0 Å². The molecule has 0 bridgehead atoms. The van der Waals surface area contributed by atoms with Crippen molar-refractivity contribution in [3.8, 4) is 0 Å². The molecule has 3 nitrogen and oxygen atoms in total. The van der Waals surface area contributed by atoms with E-state index in [0.29, 0.717) is 17.2 Å². The molecule has 0 aromatic heterocycles. The molecule has 1 saturated heterocycles. The van der Waals surface area contributed by atoms with E-state index in [1.54, 1.807) is 12.1 Å². The van der Waals surface area contributed by atoms with E-state index in [1.807, 2.05) is 23.1 Å². The van der Waals surface area contributed by atoms with Gasteiger partial charge in [-0.25, -0.2) is 0 Å². The number of allylic oxidation sites excluding steroid dienone is 1. The lowest BCUT2D eigenvalue weighted by Crippen LogP contribution is -2.38. The number of likely N-dealkylation sites (tertiary alicyclic amines) is 1. The Kier molecular flexibility index (Phi) is 3.47. The molecule has 2 rings (SSSR count). The fraction of sp³-hybridized carbons (Fsp3) is 0.357. The molecule has 1 aromatic carbocycles. The molecule has 1 amide bonds. The lowest BCUT2D eigenvalue weighted by molar-refractivity contribution is 0.0706. The number of hydrogen-bond acceptors (Lipinski definition) is 2. The predicted molar refractivity (Wildman–Crippen MR) is 69.7 cm³/mol. The van der Waals surface area contributed by atoms with Gasteiger partial charge in [0.15, 0.2) is 0 Å². The van der Waals surface area contributed by atoms with E-state index in [4.69, 9.17) is 5.73 Å². The summed E-state index contributed by atoms with van der Waals surface area (Å²) in [5, 5.41) is 0. The molecule has 0 unspecified atom stereocenters. The van der Waals surface area contributed by atoms with Crippen LogP contribution in [0.5, 0.6) is 0 Å². The Morgan fingerprint density at radius 3 is 2.59 bits per heavy atom. The zero-order valence-corrected chi connectivity index (χ0v) is 9.93. The van der Waals surface area contributed by atoms with Crippen LogP contribution in [0.25, 0.3) is 0 Å². The van der Waals surface area contributed by atoms with Gasteiger partial charge in [-0.15, -0.1) is 6.58 Å². The number of piperidine rings is 1. The average molecular weight is 230 g/mol. The van der Waals surface area contributed by atoms with Crippen molar-refractivity contribution in [2.45, 2.75) is 12.8 Å². The fourth-order valence-corrected chi connectivity index (χ4v) is 2.20. The summed E-state index contributed by atoms with van der Waals surface area (Å²) in [5.74, 6) is 0.595. The fourth-order valence-electron chi connectivity index (χ4n) is 2.20.